The van der Waals surface area contributed by atoms with Crippen molar-refractivity contribution in [3.8, 4) is 0 Å². The molecular formula is C18H31N3OS. The normalized spacial score (nSPS) is 16.1. The summed E-state index contributed by atoms with van der Waals surface area (Å²) in [4.78, 5) is 19.3. The lowest BCUT2D eigenvalue weighted by Gasteiger charge is -2.26. The minimum atomic E-state index is 0.222. The summed E-state index contributed by atoms with van der Waals surface area (Å²) in [5.41, 5.74) is 0. The summed E-state index contributed by atoms with van der Waals surface area (Å²) in [5, 5.41) is 3.31. The van der Waals surface area contributed by atoms with Gasteiger partial charge in [0.15, 0.2) is 5.78 Å². The van der Waals surface area contributed by atoms with Gasteiger partial charge in [0.2, 0.25) is 0 Å². The second-order valence-electron chi connectivity index (χ2n) is 6.23. The lowest BCUT2D eigenvalue weighted by molar-refractivity contribution is 0.0993. The van der Waals surface area contributed by atoms with Crippen molar-refractivity contribution >= 4 is 17.1 Å². The van der Waals surface area contributed by atoms with Gasteiger partial charge >= 0.3 is 0 Å². The number of Topliss-reactive ketones (excluding diaryl/α,β-unsaturated/α-hetero) is 1. The predicted octanol–water partition coefficient (Wildman–Crippen LogP) is 2.85. The topological polar surface area (TPSA) is 35.6 Å². The third kappa shape index (κ3) is 6.34. The molecule has 1 N–H and O–H groups in total. The van der Waals surface area contributed by atoms with Gasteiger partial charge < -0.3 is 10.2 Å². The van der Waals surface area contributed by atoms with Crippen LogP contribution in [-0.4, -0.2) is 61.4 Å². The molecule has 2 rings (SSSR count). The summed E-state index contributed by atoms with van der Waals surface area (Å²) < 4.78 is 0. The van der Waals surface area contributed by atoms with Crippen molar-refractivity contribution in [1.29, 1.82) is 0 Å². The Morgan fingerprint density at radius 2 is 1.96 bits per heavy atom. The molecule has 5 heteroatoms. The average molecular weight is 338 g/mol. The SMILES string of the molecule is CCN(CC)Cc1ccc(C(=O)CNCCN2CCCCC2)s1. The summed E-state index contributed by atoms with van der Waals surface area (Å²) in [6.45, 7) is 12.3. The molecule has 0 spiro atoms. The Morgan fingerprint density at radius 3 is 2.65 bits per heavy atom. The van der Waals surface area contributed by atoms with E-state index in [2.05, 4.69) is 35.0 Å². The number of thiophene rings is 1. The minimum absolute atomic E-state index is 0.222. The summed E-state index contributed by atoms with van der Waals surface area (Å²) >= 11 is 1.64. The lowest BCUT2D eigenvalue weighted by Crippen LogP contribution is -2.37. The first kappa shape index (κ1) is 18.6. The molecule has 0 saturated carbocycles. The summed E-state index contributed by atoms with van der Waals surface area (Å²) in [7, 11) is 0. The van der Waals surface area contributed by atoms with Crippen LogP contribution in [0.4, 0.5) is 0 Å². The lowest BCUT2D eigenvalue weighted by atomic mass is 10.1. The maximum absolute atomic E-state index is 12.3. The zero-order valence-corrected chi connectivity index (χ0v) is 15.5. The Balaban J connectivity index is 1.68. The first-order chi connectivity index (χ1) is 11.2. The molecule has 130 valence electrons. The number of hydrogen-bond acceptors (Lipinski definition) is 5. The summed E-state index contributed by atoms with van der Waals surface area (Å²) in [5.74, 6) is 0.222. The molecule has 2 heterocycles. The van der Waals surface area contributed by atoms with Crippen LogP contribution in [0.2, 0.25) is 0 Å². The van der Waals surface area contributed by atoms with Crippen LogP contribution in [0.3, 0.4) is 0 Å². The zero-order valence-electron chi connectivity index (χ0n) is 14.6. The van der Waals surface area contributed by atoms with E-state index in [0.29, 0.717) is 6.54 Å². The molecule has 0 amide bonds. The van der Waals surface area contributed by atoms with E-state index in [4.69, 9.17) is 0 Å². The molecule has 0 atom stereocenters. The van der Waals surface area contributed by atoms with Gasteiger partial charge in [-0.3, -0.25) is 9.69 Å². The van der Waals surface area contributed by atoms with Crippen LogP contribution in [-0.2, 0) is 6.54 Å². The van der Waals surface area contributed by atoms with E-state index >= 15 is 0 Å². The van der Waals surface area contributed by atoms with Gasteiger partial charge in [0, 0.05) is 24.5 Å². The van der Waals surface area contributed by atoms with Crippen molar-refractivity contribution in [2.75, 3.05) is 45.8 Å². The highest BCUT2D eigenvalue weighted by atomic mass is 32.1. The van der Waals surface area contributed by atoms with Crippen LogP contribution in [0.1, 0.15) is 47.7 Å². The van der Waals surface area contributed by atoms with Crippen molar-refractivity contribution in [2.45, 2.75) is 39.7 Å². The van der Waals surface area contributed by atoms with Gasteiger partial charge in [-0.05, 0) is 51.2 Å². The number of ketones is 1. The predicted molar refractivity (Wildman–Crippen MR) is 98.4 cm³/mol. The van der Waals surface area contributed by atoms with Crippen molar-refractivity contribution in [2.24, 2.45) is 0 Å². The molecule has 0 unspecified atom stereocenters. The quantitative estimate of drug-likeness (QED) is 0.526. The highest BCUT2D eigenvalue weighted by molar-refractivity contribution is 7.14. The third-order valence-corrected chi connectivity index (χ3v) is 5.66. The molecule has 0 aliphatic carbocycles. The number of nitrogens with one attached hydrogen (secondary N) is 1. The van der Waals surface area contributed by atoms with Gasteiger partial charge in [-0.2, -0.15) is 0 Å². The Labute approximate surface area is 144 Å². The second-order valence-corrected chi connectivity index (χ2v) is 7.40. The van der Waals surface area contributed by atoms with Crippen LogP contribution in [0.15, 0.2) is 12.1 Å². The summed E-state index contributed by atoms with van der Waals surface area (Å²) in [6.07, 6.45) is 4.02. The zero-order chi connectivity index (χ0) is 16.5. The number of nitrogens with zero attached hydrogens (tertiary/aromatic N) is 2. The van der Waals surface area contributed by atoms with Crippen molar-refractivity contribution in [3.05, 3.63) is 21.9 Å². The van der Waals surface area contributed by atoms with Gasteiger partial charge in [0.25, 0.3) is 0 Å². The number of carbonyl (C=O) groups excluding carboxylic acids is 1. The molecule has 1 fully saturated rings. The van der Waals surface area contributed by atoms with Crippen LogP contribution in [0, 0.1) is 0 Å². The van der Waals surface area contributed by atoms with E-state index in [1.165, 1.54) is 37.2 Å². The number of piperidine rings is 1. The van der Waals surface area contributed by atoms with Crippen LogP contribution in [0.25, 0.3) is 0 Å². The molecule has 23 heavy (non-hydrogen) atoms. The maximum atomic E-state index is 12.3. The standard InChI is InChI=1S/C18H31N3OS/c1-3-20(4-2)15-16-8-9-18(23-16)17(22)14-19-10-13-21-11-6-5-7-12-21/h8-9,19H,3-7,10-15H2,1-2H3. The Hall–Kier alpha value is -0.750. The van der Waals surface area contributed by atoms with Gasteiger partial charge in [-0.1, -0.05) is 20.3 Å². The Morgan fingerprint density at radius 1 is 1.22 bits per heavy atom. The number of likely N-dealkylation sites (tertiary alicyclic amines) is 1. The van der Waals surface area contributed by atoms with Crippen LogP contribution >= 0.6 is 11.3 Å². The fourth-order valence-electron chi connectivity index (χ4n) is 2.99. The number of hydrogen-bond donors (Lipinski definition) is 1. The molecule has 0 bridgehead atoms. The van der Waals surface area contributed by atoms with Crippen LogP contribution < -0.4 is 5.32 Å². The number of rotatable bonds is 10. The molecule has 1 saturated heterocycles. The first-order valence-electron chi connectivity index (χ1n) is 9.00. The first-order valence-corrected chi connectivity index (χ1v) is 9.82. The molecule has 1 aliphatic heterocycles. The summed E-state index contributed by atoms with van der Waals surface area (Å²) in [6, 6.07) is 4.09. The fraction of sp³-hybridized carbons (Fsp3) is 0.722. The third-order valence-electron chi connectivity index (χ3n) is 4.55. The Bertz CT molecular complexity index is 465. The van der Waals surface area contributed by atoms with Crippen LogP contribution in [0.5, 0.6) is 0 Å². The van der Waals surface area contributed by atoms with E-state index in [-0.39, 0.29) is 5.78 Å². The molecule has 1 aromatic heterocycles. The monoisotopic (exact) mass is 337 g/mol. The van der Waals surface area contributed by atoms with Gasteiger partial charge in [0.05, 0.1) is 11.4 Å². The highest BCUT2D eigenvalue weighted by Gasteiger charge is 2.12. The van der Waals surface area contributed by atoms with E-state index in [0.717, 1.165) is 37.6 Å². The average Bonchev–Trinajstić information content (AvgIpc) is 3.06. The molecule has 0 aromatic carbocycles. The van der Waals surface area contributed by atoms with E-state index in [1.807, 2.05) is 6.07 Å². The molecule has 0 radical (unpaired) electrons. The minimum Gasteiger partial charge on any atom is -0.308 e. The second kappa shape index (κ2) is 10.2. The van der Waals surface area contributed by atoms with Crippen molar-refractivity contribution in [1.82, 2.24) is 15.1 Å². The highest BCUT2D eigenvalue weighted by Crippen LogP contribution is 2.18. The fourth-order valence-corrected chi connectivity index (χ4v) is 3.98. The Kier molecular flexibility index (Phi) is 8.23. The largest absolute Gasteiger partial charge is 0.308 e. The number of carbonyl (C=O) groups is 1. The van der Waals surface area contributed by atoms with Gasteiger partial charge in [-0.25, -0.2) is 0 Å². The molecule has 1 aliphatic rings. The molecule has 1 aromatic rings. The maximum Gasteiger partial charge on any atom is 0.186 e. The smallest absolute Gasteiger partial charge is 0.186 e. The van der Waals surface area contributed by atoms with Gasteiger partial charge in [-0.15, -0.1) is 11.3 Å². The molecular weight excluding hydrogens is 306 g/mol. The van der Waals surface area contributed by atoms with E-state index in [1.54, 1.807) is 11.3 Å². The van der Waals surface area contributed by atoms with Gasteiger partial charge in [0.1, 0.15) is 0 Å². The van der Waals surface area contributed by atoms with Crippen molar-refractivity contribution < 1.29 is 4.79 Å². The van der Waals surface area contributed by atoms with Crippen molar-refractivity contribution in [3.63, 3.8) is 0 Å². The molecule has 4 nitrogen and oxygen atoms in total. The van der Waals surface area contributed by atoms with E-state index < -0.39 is 0 Å². The van der Waals surface area contributed by atoms with E-state index in [9.17, 15) is 4.79 Å².